The smallest absolute Gasteiger partial charge is 0.263 e. The number of carbonyl (C=O) groups is 1. The molecule has 0 unspecified atom stereocenters. The van der Waals surface area contributed by atoms with Gasteiger partial charge in [-0.25, -0.2) is 17.9 Å². The first-order chi connectivity index (χ1) is 14.9. The molecule has 3 aromatic rings. The second-order valence-electron chi connectivity index (χ2n) is 7.76. The van der Waals surface area contributed by atoms with Crippen molar-refractivity contribution in [2.45, 2.75) is 50.2 Å². The van der Waals surface area contributed by atoms with Crippen LogP contribution in [0.5, 0.6) is 0 Å². The van der Waals surface area contributed by atoms with Gasteiger partial charge in [0.05, 0.1) is 22.1 Å². The van der Waals surface area contributed by atoms with Crippen molar-refractivity contribution in [2.24, 2.45) is 0 Å². The zero-order valence-electron chi connectivity index (χ0n) is 17.3. The number of rotatable bonds is 6. The zero-order valence-corrected chi connectivity index (χ0v) is 18.1. The molecular formula is C23H25N3O4S. The Labute approximate surface area is 182 Å². The minimum absolute atomic E-state index is 0.0361. The third kappa shape index (κ3) is 5.03. The van der Waals surface area contributed by atoms with E-state index in [1.807, 2.05) is 43.3 Å². The number of amides is 2. The van der Waals surface area contributed by atoms with Gasteiger partial charge in [0.25, 0.3) is 10.0 Å². The summed E-state index contributed by atoms with van der Waals surface area (Å²) in [5, 5.41) is 2.19. The molecule has 4 rings (SSSR count). The van der Waals surface area contributed by atoms with Crippen LogP contribution in [0.25, 0.3) is 10.9 Å². The van der Waals surface area contributed by atoms with Crippen molar-refractivity contribution in [3.05, 3.63) is 71.9 Å². The number of hydrogen-bond donors (Lipinski definition) is 1. The SMILES string of the molecule is Cc1ccc(S(=O)(=O)NC(=O)N(OCc2ccc3ccccc3n2)C2CCCC2)cc1. The van der Waals surface area contributed by atoms with Gasteiger partial charge in [-0.05, 0) is 44.0 Å². The number of fused-ring (bicyclic) bond motifs is 1. The number of hydroxylamine groups is 2. The lowest BCUT2D eigenvalue weighted by Crippen LogP contribution is -2.47. The van der Waals surface area contributed by atoms with E-state index in [2.05, 4.69) is 9.71 Å². The average Bonchev–Trinajstić information content (AvgIpc) is 3.28. The minimum Gasteiger partial charge on any atom is -0.263 e. The summed E-state index contributed by atoms with van der Waals surface area (Å²) in [7, 11) is -4.00. The highest BCUT2D eigenvalue weighted by atomic mass is 32.2. The van der Waals surface area contributed by atoms with Gasteiger partial charge in [-0.15, -0.1) is 0 Å². The predicted octanol–water partition coefficient (Wildman–Crippen LogP) is 4.32. The van der Waals surface area contributed by atoms with Gasteiger partial charge in [-0.3, -0.25) is 9.82 Å². The summed E-state index contributed by atoms with van der Waals surface area (Å²) in [5.41, 5.74) is 2.43. The average molecular weight is 440 g/mol. The van der Waals surface area contributed by atoms with Crippen LogP contribution >= 0.6 is 0 Å². The Kier molecular flexibility index (Phi) is 6.20. The highest BCUT2D eigenvalue weighted by molar-refractivity contribution is 7.90. The fourth-order valence-corrected chi connectivity index (χ4v) is 4.66. The number of benzene rings is 2. The lowest BCUT2D eigenvalue weighted by atomic mass is 10.2. The van der Waals surface area contributed by atoms with Crippen LogP contribution in [0.4, 0.5) is 4.79 Å². The third-order valence-electron chi connectivity index (χ3n) is 5.42. The molecule has 1 saturated carbocycles. The standard InChI is InChI=1S/C23H25N3O4S/c1-17-10-14-21(15-11-17)31(28,29)25-23(27)26(20-7-3-4-8-20)30-16-19-13-12-18-6-2-5-9-22(18)24-19/h2,5-6,9-15,20H,3-4,7-8,16H2,1H3,(H,25,27). The molecular weight excluding hydrogens is 414 g/mol. The van der Waals surface area contributed by atoms with Crippen LogP contribution < -0.4 is 4.72 Å². The van der Waals surface area contributed by atoms with E-state index in [1.165, 1.54) is 17.2 Å². The molecule has 1 aliphatic carbocycles. The molecule has 0 bridgehead atoms. The van der Waals surface area contributed by atoms with E-state index >= 15 is 0 Å². The summed E-state index contributed by atoms with van der Waals surface area (Å²) in [6.07, 6.45) is 3.47. The summed E-state index contributed by atoms with van der Waals surface area (Å²) < 4.78 is 27.5. The fourth-order valence-electron chi connectivity index (χ4n) is 3.73. The van der Waals surface area contributed by atoms with Crippen molar-refractivity contribution in [3.8, 4) is 0 Å². The normalized spacial score (nSPS) is 14.6. The van der Waals surface area contributed by atoms with Gasteiger partial charge < -0.3 is 0 Å². The second-order valence-corrected chi connectivity index (χ2v) is 9.44. The number of nitrogens with one attached hydrogen (secondary N) is 1. The molecule has 1 aromatic heterocycles. The molecule has 2 amide bonds. The van der Waals surface area contributed by atoms with Gasteiger partial charge in [0.15, 0.2) is 0 Å². The summed E-state index contributed by atoms with van der Waals surface area (Å²) in [6.45, 7) is 1.94. The first kappa shape index (κ1) is 21.3. The number of pyridine rings is 1. The fraction of sp³-hybridized carbons (Fsp3) is 0.304. The van der Waals surface area contributed by atoms with E-state index in [0.29, 0.717) is 5.69 Å². The number of sulfonamides is 1. The topological polar surface area (TPSA) is 88.6 Å². The summed E-state index contributed by atoms with van der Waals surface area (Å²) in [4.78, 5) is 23.3. The monoisotopic (exact) mass is 439 g/mol. The largest absolute Gasteiger partial charge is 0.355 e. The molecule has 1 fully saturated rings. The molecule has 0 atom stereocenters. The van der Waals surface area contributed by atoms with Crippen molar-refractivity contribution in [3.63, 3.8) is 0 Å². The van der Waals surface area contributed by atoms with Crippen molar-refractivity contribution in [1.82, 2.24) is 14.8 Å². The molecule has 2 aromatic carbocycles. The number of carbonyl (C=O) groups excluding carboxylic acids is 1. The Balaban J connectivity index is 1.50. The van der Waals surface area contributed by atoms with Crippen LogP contribution in [0.3, 0.4) is 0 Å². The quantitative estimate of drug-likeness (QED) is 0.578. The number of urea groups is 1. The van der Waals surface area contributed by atoms with Crippen molar-refractivity contribution < 1.29 is 18.0 Å². The number of para-hydroxylation sites is 1. The lowest BCUT2D eigenvalue weighted by molar-refractivity contribution is -0.152. The maximum absolute atomic E-state index is 12.9. The van der Waals surface area contributed by atoms with E-state index in [0.717, 1.165) is 42.1 Å². The predicted molar refractivity (Wildman–Crippen MR) is 118 cm³/mol. The van der Waals surface area contributed by atoms with Gasteiger partial charge in [-0.2, -0.15) is 5.06 Å². The molecule has 1 aliphatic rings. The Morgan fingerprint density at radius 3 is 2.52 bits per heavy atom. The van der Waals surface area contributed by atoms with Crippen LogP contribution in [-0.2, 0) is 21.5 Å². The Bertz CT molecular complexity index is 1170. The zero-order chi connectivity index (χ0) is 21.8. The van der Waals surface area contributed by atoms with Crippen LogP contribution in [0.2, 0.25) is 0 Å². The maximum Gasteiger partial charge on any atom is 0.355 e. The highest BCUT2D eigenvalue weighted by Crippen LogP contribution is 2.25. The number of hydrogen-bond acceptors (Lipinski definition) is 5. The minimum atomic E-state index is -4.00. The summed E-state index contributed by atoms with van der Waals surface area (Å²) in [6, 6.07) is 16.9. The molecule has 0 spiro atoms. The molecule has 1 heterocycles. The Hall–Kier alpha value is -2.97. The van der Waals surface area contributed by atoms with Crippen LogP contribution in [0.15, 0.2) is 65.6 Å². The van der Waals surface area contributed by atoms with Gasteiger partial charge in [0, 0.05) is 5.39 Å². The second kappa shape index (κ2) is 9.03. The number of aryl methyl sites for hydroxylation is 1. The molecule has 0 radical (unpaired) electrons. The molecule has 0 aliphatic heterocycles. The first-order valence-electron chi connectivity index (χ1n) is 10.3. The molecule has 162 valence electrons. The van der Waals surface area contributed by atoms with E-state index in [1.54, 1.807) is 12.1 Å². The third-order valence-corrected chi connectivity index (χ3v) is 6.75. The van der Waals surface area contributed by atoms with E-state index in [9.17, 15) is 13.2 Å². The lowest BCUT2D eigenvalue weighted by Gasteiger charge is -2.27. The van der Waals surface area contributed by atoms with Crippen molar-refractivity contribution in [2.75, 3.05) is 0 Å². The molecule has 8 heteroatoms. The molecule has 1 N–H and O–H groups in total. The van der Waals surface area contributed by atoms with Gasteiger partial charge in [-0.1, -0.05) is 54.8 Å². The van der Waals surface area contributed by atoms with Gasteiger partial charge in [0.2, 0.25) is 0 Å². The number of aromatic nitrogens is 1. The number of nitrogens with zero attached hydrogens (tertiary/aromatic N) is 2. The van der Waals surface area contributed by atoms with E-state index in [4.69, 9.17) is 4.84 Å². The molecule has 7 nitrogen and oxygen atoms in total. The van der Waals surface area contributed by atoms with Gasteiger partial charge >= 0.3 is 6.03 Å². The van der Waals surface area contributed by atoms with Crippen LogP contribution in [0.1, 0.15) is 36.9 Å². The highest BCUT2D eigenvalue weighted by Gasteiger charge is 2.31. The van der Waals surface area contributed by atoms with Crippen molar-refractivity contribution >= 4 is 27.0 Å². The van der Waals surface area contributed by atoms with Crippen LogP contribution in [0, 0.1) is 6.92 Å². The summed E-state index contributed by atoms with van der Waals surface area (Å²) >= 11 is 0. The Morgan fingerprint density at radius 2 is 1.77 bits per heavy atom. The van der Waals surface area contributed by atoms with Crippen LogP contribution in [-0.4, -0.2) is 30.5 Å². The first-order valence-corrected chi connectivity index (χ1v) is 11.8. The van der Waals surface area contributed by atoms with Gasteiger partial charge in [0.1, 0.15) is 6.61 Å². The summed E-state index contributed by atoms with van der Waals surface area (Å²) in [5.74, 6) is 0. The van der Waals surface area contributed by atoms with E-state index in [-0.39, 0.29) is 17.5 Å². The molecule has 31 heavy (non-hydrogen) atoms. The Morgan fingerprint density at radius 1 is 1.06 bits per heavy atom. The van der Waals surface area contributed by atoms with Crippen molar-refractivity contribution in [1.29, 1.82) is 0 Å². The maximum atomic E-state index is 12.9. The molecule has 0 saturated heterocycles. The van der Waals surface area contributed by atoms with E-state index < -0.39 is 16.1 Å².